The van der Waals surface area contributed by atoms with Gasteiger partial charge in [-0.05, 0) is 6.42 Å². The second kappa shape index (κ2) is 18.0. The molecule has 0 aromatic heterocycles. The average molecular weight is 560 g/mol. The highest BCUT2D eigenvalue weighted by molar-refractivity contribution is 5.88. The summed E-state index contributed by atoms with van der Waals surface area (Å²) < 4.78 is 0. The SMILES string of the molecule is CNC(=O)CC[C@@H](NC(=O)CN1CCN(CC(=O)O)CCN(CC(=O)O)CCN(CC(=O)O)CC1)C(=O)NC. The molecule has 0 unspecified atom stereocenters. The Kier molecular flexibility index (Phi) is 15.6. The maximum Gasteiger partial charge on any atom is 0.317 e. The summed E-state index contributed by atoms with van der Waals surface area (Å²) in [5.74, 6) is -4.34. The minimum absolute atomic E-state index is 0.0335. The Morgan fingerprint density at radius 3 is 1.26 bits per heavy atom. The van der Waals surface area contributed by atoms with E-state index in [0.29, 0.717) is 0 Å². The minimum atomic E-state index is -1.05. The topological polar surface area (TPSA) is 212 Å². The Balaban J connectivity index is 3.01. The third kappa shape index (κ3) is 15.0. The number of carboxylic acid groups (broad SMARTS) is 3. The molecular formula is C23H41N7O9. The van der Waals surface area contributed by atoms with Crippen LogP contribution in [0.15, 0.2) is 0 Å². The third-order valence-electron chi connectivity index (χ3n) is 6.21. The lowest BCUT2D eigenvalue weighted by atomic mass is 10.1. The molecule has 0 spiro atoms. The van der Waals surface area contributed by atoms with Crippen LogP contribution in [0.5, 0.6) is 0 Å². The molecule has 0 aromatic carbocycles. The van der Waals surface area contributed by atoms with Crippen molar-refractivity contribution in [3.8, 4) is 0 Å². The number of aliphatic carboxylic acids is 3. The highest BCUT2D eigenvalue weighted by Crippen LogP contribution is 2.03. The van der Waals surface area contributed by atoms with Crippen LogP contribution in [-0.2, 0) is 28.8 Å². The van der Waals surface area contributed by atoms with Crippen molar-refractivity contribution < 1.29 is 44.1 Å². The summed E-state index contributed by atoms with van der Waals surface area (Å²) in [5.41, 5.74) is 0. The summed E-state index contributed by atoms with van der Waals surface area (Å²) in [6, 6.07) is -0.931. The highest BCUT2D eigenvalue weighted by atomic mass is 16.4. The van der Waals surface area contributed by atoms with Gasteiger partial charge in [-0.1, -0.05) is 0 Å². The molecule has 0 aliphatic carbocycles. The molecule has 6 N–H and O–H groups in total. The van der Waals surface area contributed by atoms with E-state index in [1.54, 1.807) is 19.6 Å². The van der Waals surface area contributed by atoms with Crippen LogP contribution in [0.1, 0.15) is 12.8 Å². The van der Waals surface area contributed by atoms with Crippen molar-refractivity contribution in [3.05, 3.63) is 0 Å². The number of nitrogens with one attached hydrogen (secondary N) is 3. The standard InChI is InChI=1S/C23H41N7O9/c1-24-18(31)4-3-17(23(39)25-2)26-19(32)13-27-5-7-28(14-20(33)34)9-11-30(16-22(37)38)12-10-29(8-6-27)15-21(35)36/h17H,3-16H2,1-2H3,(H,24,31)(H,25,39)(H,26,32)(H,33,34)(H,35,36)(H,37,38)/t17-/m1/s1. The average Bonchev–Trinajstić information content (AvgIpc) is 2.86. The maximum absolute atomic E-state index is 12.9. The van der Waals surface area contributed by atoms with Gasteiger partial charge in [0.2, 0.25) is 17.7 Å². The first kappa shape index (κ1) is 33.7. The Morgan fingerprint density at radius 1 is 0.590 bits per heavy atom. The summed E-state index contributed by atoms with van der Waals surface area (Å²) in [6.45, 7) is 1.15. The summed E-state index contributed by atoms with van der Waals surface area (Å²) >= 11 is 0. The predicted molar refractivity (Wildman–Crippen MR) is 138 cm³/mol. The predicted octanol–water partition coefficient (Wildman–Crippen LogP) is -3.78. The van der Waals surface area contributed by atoms with E-state index in [4.69, 9.17) is 0 Å². The van der Waals surface area contributed by atoms with Crippen LogP contribution in [0.4, 0.5) is 0 Å². The number of nitrogens with zero attached hydrogens (tertiary/aromatic N) is 4. The fraction of sp³-hybridized carbons (Fsp3) is 0.739. The Hall–Kier alpha value is -3.34. The fourth-order valence-electron chi connectivity index (χ4n) is 4.07. The normalized spacial score (nSPS) is 17.7. The van der Waals surface area contributed by atoms with Crippen molar-refractivity contribution in [2.45, 2.75) is 18.9 Å². The van der Waals surface area contributed by atoms with Crippen LogP contribution in [0, 0.1) is 0 Å². The van der Waals surface area contributed by atoms with Crippen molar-refractivity contribution >= 4 is 35.6 Å². The van der Waals surface area contributed by atoms with E-state index in [2.05, 4.69) is 16.0 Å². The molecule has 1 fully saturated rings. The monoisotopic (exact) mass is 559 g/mol. The Bertz CT molecular complexity index is 826. The van der Waals surface area contributed by atoms with Crippen molar-refractivity contribution in [2.75, 3.05) is 92.6 Å². The van der Waals surface area contributed by atoms with Crippen molar-refractivity contribution in [1.82, 2.24) is 35.6 Å². The second-order valence-electron chi connectivity index (χ2n) is 9.23. The van der Waals surface area contributed by atoms with Crippen LogP contribution in [0.25, 0.3) is 0 Å². The second-order valence-corrected chi connectivity index (χ2v) is 9.23. The molecule has 222 valence electrons. The number of hydrogen-bond acceptors (Lipinski definition) is 10. The third-order valence-corrected chi connectivity index (χ3v) is 6.21. The molecule has 0 radical (unpaired) electrons. The molecule has 39 heavy (non-hydrogen) atoms. The Labute approximate surface area is 227 Å². The van der Waals surface area contributed by atoms with Gasteiger partial charge in [0.1, 0.15) is 6.04 Å². The summed E-state index contributed by atoms with van der Waals surface area (Å²) in [4.78, 5) is 77.5. The smallest absolute Gasteiger partial charge is 0.317 e. The number of amides is 3. The van der Waals surface area contributed by atoms with Gasteiger partial charge in [0.05, 0.1) is 26.2 Å². The zero-order valence-corrected chi connectivity index (χ0v) is 22.6. The Morgan fingerprint density at radius 2 is 0.949 bits per heavy atom. The molecule has 1 heterocycles. The van der Waals surface area contributed by atoms with Gasteiger partial charge >= 0.3 is 17.9 Å². The molecule has 0 saturated carbocycles. The molecule has 1 rings (SSSR count). The van der Waals surface area contributed by atoms with Gasteiger partial charge in [-0.25, -0.2) is 0 Å². The number of rotatable bonds is 13. The summed E-state index contributed by atoms with van der Waals surface area (Å²) in [5, 5.41) is 35.4. The summed E-state index contributed by atoms with van der Waals surface area (Å²) in [6.07, 6.45) is 0.127. The summed E-state index contributed by atoms with van der Waals surface area (Å²) in [7, 11) is 2.89. The quantitative estimate of drug-likeness (QED) is 0.128. The van der Waals surface area contributed by atoms with Crippen LogP contribution >= 0.6 is 0 Å². The van der Waals surface area contributed by atoms with Gasteiger partial charge in [-0.3, -0.25) is 48.4 Å². The first-order valence-electron chi connectivity index (χ1n) is 12.7. The van der Waals surface area contributed by atoms with Gasteiger partial charge in [0.25, 0.3) is 0 Å². The largest absolute Gasteiger partial charge is 0.480 e. The maximum atomic E-state index is 12.9. The van der Waals surface area contributed by atoms with Gasteiger partial charge in [-0.2, -0.15) is 0 Å². The number of hydrogen-bond donors (Lipinski definition) is 6. The van der Waals surface area contributed by atoms with Gasteiger partial charge in [0.15, 0.2) is 0 Å². The van der Waals surface area contributed by atoms with E-state index in [1.165, 1.54) is 14.1 Å². The lowest BCUT2D eigenvalue weighted by molar-refractivity contribution is -0.140. The van der Waals surface area contributed by atoms with Crippen LogP contribution in [-0.4, -0.2) is 169 Å². The van der Waals surface area contributed by atoms with Crippen LogP contribution in [0.3, 0.4) is 0 Å². The van der Waals surface area contributed by atoms with E-state index in [1.807, 2.05) is 0 Å². The molecule has 0 bridgehead atoms. The lowest BCUT2D eigenvalue weighted by Gasteiger charge is -2.33. The number of carbonyl (C=O) groups excluding carboxylic acids is 3. The molecule has 0 aromatic rings. The minimum Gasteiger partial charge on any atom is -0.480 e. The van der Waals surface area contributed by atoms with E-state index < -0.39 is 35.8 Å². The zero-order chi connectivity index (χ0) is 29.4. The molecular weight excluding hydrogens is 518 g/mol. The van der Waals surface area contributed by atoms with E-state index in [9.17, 15) is 44.1 Å². The van der Waals surface area contributed by atoms with Gasteiger partial charge in [0, 0.05) is 72.9 Å². The van der Waals surface area contributed by atoms with Crippen LogP contribution < -0.4 is 16.0 Å². The van der Waals surface area contributed by atoms with Crippen LogP contribution in [0.2, 0.25) is 0 Å². The van der Waals surface area contributed by atoms with E-state index in [0.717, 1.165) is 0 Å². The first-order valence-corrected chi connectivity index (χ1v) is 12.7. The number of carbonyl (C=O) groups is 6. The van der Waals surface area contributed by atoms with Gasteiger partial charge in [-0.15, -0.1) is 0 Å². The van der Waals surface area contributed by atoms with E-state index in [-0.39, 0.29) is 97.3 Å². The molecule has 1 aliphatic heterocycles. The molecule has 3 amide bonds. The first-order chi connectivity index (χ1) is 18.4. The molecule has 16 heteroatoms. The van der Waals surface area contributed by atoms with Crippen molar-refractivity contribution in [3.63, 3.8) is 0 Å². The van der Waals surface area contributed by atoms with Crippen molar-refractivity contribution in [2.24, 2.45) is 0 Å². The number of likely N-dealkylation sites (N-methyl/N-ethyl adjacent to an activating group) is 1. The fourth-order valence-corrected chi connectivity index (χ4v) is 4.07. The molecule has 1 atom stereocenters. The molecule has 16 nitrogen and oxygen atoms in total. The molecule has 1 saturated heterocycles. The lowest BCUT2D eigenvalue weighted by Crippen LogP contribution is -2.52. The highest BCUT2D eigenvalue weighted by Gasteiger charge is 2.24. The van der Waals surface area contributed by atoms with Crippen molar-refractivity contribution in [1.29, 1.82) is 0 Å². The zero-order valence-electron chi connectivity index (χ0n) is 22.6. The van der Waals surface area contributed by atoms with Gasteiger partial charge < -0.3 is 31.3 Å². The number of carboxylic acids is 3. The molecule has 1 aliphatic rings. The van der Waals surface area contributed by atoms with E-state index >= 15 is 0 Å².